The first-order valence-electron chi connectivity index (χ1n) is 8.48. The third-order valence-corrected chi connectivity index (χ3v) is 4.78. The van der Waals surface area contributed by atoms with Gasteiger partial charge in [-0.25, -0.2) is 14.4 Å². The number of rotatable bonds is 3. The molecule has 0 saturated heterocycles. The minimum atomic E-state index is -0.491. The van der Waals surface area contributed by atoms with Crippen LogP contribution in [0.4, 0.5) is 21.6 Å². The fourth-order valence-corrected chi connectivity index (χ4v) is 3.40. The molecule has 0 spiro atoms. The molecule has 7 heteroatoms. The largest absolute Gasteiger partial charge is 0.339 e. The number of halogens is 2. The normalized spacial score (nSPS) is 15.5. The van der Waals surface area contributed by atoms with Gasteiger partial charge in [0, 0.05) is 17.4 Å². The highest BCUT2D eigenvalue weighted by molar-refractivity contribution is 6.31. The van der Waals surface area contributed by atoms with Gasteiger partial charge in [-0.15, -0.1) is 0 Å². The average Bonchev–Trinajstić information content (AvgIpc) is 3.00. The van der Waals surface area contributed by atoms with E-state index in [0.717, 1.165) is 17.7 Å². The van der Waals surface area contributed by atoms with Gasteiger partial charge in [-0.1, -0.05) is 29.8 Å². The molecular formula is C20H16ClFN4O. The fraction of sp³-hybridized carbons (Fsp3) is 0.150. The van der Waals surface area contributed by atoms with Crippen LogP contribution < -0.4 is 10.2 Å². The van der Waals surface area contributed by atoms with Gasteiger partial charge in [0.1, 0.15) is 17.3 Å². The van der Waals surface area contributed by atoms with Gasteiger partial charge in [-0.2, -0.15) is 0 Å². The van der Waals surface area contributed by atoms with E-state index in [9.17, 15) is 9.18 Å². The van der Waals surface area contributed by atoms with Gasteiger partial charge < -0.3 is 10.2 Å². The number of benzene rings is 2. The lowest BCUT2D eigenvalue weighted by Crippen LogP contribution is -2.36. The lowest BCUT2D eigenvalue weighted by atomic mass is 10.1. The third-order valence-electron chi connectivity index (χ3n) is 4.49. The second-order valence-electron chi connectivity index (χ2n) is 6.40. The van der Waals surface area contributed by atoms with Crippen LogP contribution in [-0.4, -0.2) is 21.9 Å². The van der Waals surface area contributed by atoms with Gasteiger partial charge in [-0.3, -0.25) is 4.79 Å². The van der Waals surface area contributed by atoms with Crippen molar-refractivity contribution in [3.8, 4) is 0 Å². The maximum absolute atomic E-state index is 13.2. The summed E-state index contributed by atoms with van der Waals surface area (Å²) in [7, 11) is 0. The molecule has 3 aromatic rings. The summed E-state index contributed by atoms with van der Waals surface area (Å²) in [5, 5.41) is 3.00. The Bertz CT molecular complexity index is 1010. The zero-order valence-electron chi connectivity index (χ0n) is 14.5. The third kappa shape index (κ3) is 3.36. The Hall–Kier alpha value is -2.99. The Morgan fingerprint density at radius 1 is 1.22 bits per heavy atom. The first-order valence-corrected chi connectivity index (χ1v) is 8.86. The van der Waals surface area contributed by atoms with Crippen LogP contribution in [-0.2, 0) is 6.42 Å². The molecule has 4 rings (SSSR count). The summed E-state index contributed by atoms with van der Waals surface area (Å²) < 4.78 is 13.2. The van der Waals surface area contributed by atoms with E-state index < -0.39 is 5.82 Å². The van der Waals surface area contributed by atoms with Crippen molar-refractivity contribution >= 4 is 34.7 Å². The van der Waals surface area contributed by atoms with Crippen LogP contribution in [0, 0.1) is 5.82 Å². The minimum Gasteiger partial charge on any atom is -0.339 e. The van der Waals surface area contributed by atoms with Crippen LogP contribution in [0.3, 0.4) is 0 Å². The number of carbonyl (C=O) groups excluding carboxylic acids is 1. The Labute approximate surface area is 160 Å². The number of amides is 1. The van der Waals surface area contributed by atoms with Gasteiger partial charge >= 0.3 is 0 Å². The molecule has 0 saturated carbocycles. The van der Waals surface area contributed by atoms with E-state index in [1.54, 1.807) is 11.0 Å². The number of nitrogens with one attached hydrogen (secondary N) is 1. The van der Waals surface area contributed by atoms with E-state index in [1.165, 1.54) is 24.5 Å². The molecule has 0 fully saturated rings. The fourth-order valence-electron chi connectivity index (χ4n) is 3.22. The molecule has 2 aromatic carbocycles. The van der Waals surface area contributed by atoms with E-state index in [0.29, 0.717) is 11.5 Å². The SMILES string of the molecule is CC1Cc2ccccc2N1C(=O)c1cnc(Nc2ccc(F)c(Cl)c2)cn1. The molecule has 0 aliphatic carbocycles. The number of hydrogen-bond acceptors (Lipinski definition) is 4. The number of anilines is 3. The molecule has 1 aliphatic rings. The van der Waals surface area contributed by atoms with Crippen molar-refractivity contribution < 1.29 is 9.18 Å². The summed E-state index contributed by atoms with van der Waals surface area (Å²) in [5.41, 5.74) is 2.91. The van der Waals surface area contributed by atoms with Crippen molar-refractivity contribution in [1.29, 1.82) is 0 Å². The van der Waals surface area contributed by atoms with Gasteiger partial charge in [0.2, 0.25) is 0 Å². The molecule has 2 heterocycles. The quantitative estimate of drug-likeness (QED) is 0.719. The smallest absolute Gasteiger partial charge is 0.278 e. The van der Waals surface area contributed by atoms with Crippen molar-refractivity contribution in [3.05, 3.63) is 77.0 Å². The average molecular weight is 383 g/mol. The zero-order chi connectivity index (χ0) is 19.0. The maximum atomic E-state index is 13.2. The topological polar surface area (TPSA) is 58.1 Å². The molecule has 1 aromatic heterocycles. The van der Waals surface area contributed by atoms with Gasteiger partial charge in [0.15, 0.2) is 0 Å². The van der Waals surface area contributed by atoms with Crippen molar-refractivity contribution in [2.45, 2.75) is 19.4 Å². The van der Waals surface area contributed by atoms with Crippen LogP contribution in [0.1, 0.15) is 23.0 Å². The molecule has 1 atom stereocenters. The van der Waals surface area contributed by atoms with E-state index >= 15 is 0 Å². The van der Waals surface area contributed by atoms with E-state index in [2.05, 4.69) is 15.3 Å². The van der Waals surface area contributed by atoms with Crippen LogP contribution in [0.15, 0.2) is 54.9 Å². The molecular weight excluding hydrogens is 367 g/mol. The summed E-state index contributed by atoms with van der Waals surface area (Å²) in [6.07, 6.45) is 3.72. The Balaban J connectivity index is 1.54. The Morgan fingerprint density at radius 3 is 2.78 bits per heavy atom. The molecule has 1 N–H and O–H groups in total. The molecule has 1 unspecified atom stereocenters. The highest BCUT2D eigenvalue weighted by Crippen LogP contribution is 2.32. The number of carbonyl (C=O) groups is 1. The minimum absolute atomic E-state index is 0.0152. The number of para-hydroxylation sites is 1. The Kier molecular flexibility index (Phi) is 4.49. The van der Waals surface area contributed by atoms with E-state index in [-0.39, 0.29) is 22.7 Å². The van der Waals surface area contributed by atoms with Gasteiger partial charge in [0.05, 0.1) is 17.4 Å². The summed E-state index contributed by atoms with van der Waals surface area (Å²) >= 11 is 5.77. The number of hydrogen-bond donors (Lipinski definition) is 1. The second-order valence-corrected chi connectivity index (χ2v) is 6.80. The summed E-state index contributed by atoms with van der Waals surface area (Å²) in [6, 6.07) is 12.2. The molecule has 5 nitrogen and oxygen atoms in total. The number of nitrogens with zero attached hydrogens (tertiary/aromatic N) is 3. The standard InChI is InChI=1S/C20H16ClFN4O/c1-12-8-13-4-2-3-5-18(13)26(12)20(27)17-10-24-19(11-23-17)25-14-6-7-16(22)15(21)9-14/h2-7,9-12H,8H2,1H3,(H,24,25). The number of aromatic nitrogens is 2. The molecule has 27 heavy (non-hydrogen) atoms. The predicted octanol–water partition coefficient (Wildman–Crippen LogP) is 4.60. The summed E-state index contributed by atoms with van der Waals surface area (Å²) in [4.78, 5) is 23.2. The molecule has 1 aliphatic heterocycles. The van der Waals surface area contributed by atoms with Crippen molar-refractivity contribution in [2.75, 3.05) is 10.2 Å². The van der Waals surface area contributed by atoms with Crippen LogP contribution in [0.5, 0.6) is 0 Å². The summed E-state index contributed by atoms with van der Waals surface area (Å²) in [6.45, 7) is 2.01. The highest BCUT2D eigenvalue weighted by atomic mass is 35.5. The molecule has 0 radical (unpaired) electrons. The first kappa shape index (κ1) is 17.4. The zero-order valence-corrected chi connectivity index (χ0v) is 15.2. The highest BCUT2D eigenvalue weighted by Gasteiger charge is 2.31. The van der Waals surface area contributed by atoms with Gasteiger partial charge in [-0.05, 0) is 43.2 Å². The molecule has 1 amide bonds. The second kappa shape index (κ2) is 6.96. The lowest BCUT2D eigenvalue weighted by molar-refractivity contribution is 0.0976. The lowest BCUT2D eigenvalue weighted by Gasteiger charge is -2.22. The Morgan fingerprint density at radius 2 is 2.04 bits per heavy atom. The van der Waals surface area contributed by atoms with Gasteiger partial charge in [0.25, 0.3) is 5.91 Å². The summed E-state index contributed by atoms with van der Waals surface area (Å²) in [5.74, 6) is -0.241. The van der Waals surface area contributed by atoms with Crippen LogP contribution >= 0.6 is 11.6 Å². The van der Waals surface area contributed by atoms with Crippen molar-refractivity contribution in [1.82, 2.24) is 9.97 Å². The van der Waals surface area contributed by atoms with Crippen LogP contribution in [0.2, 0.25) is 5.02 Å². The number of fused-ring (bicyclic) bond motifs is 1. The van der Waals surface area contributed by atoms with Crippen molar-refractivity contribution in [3.63, 3.8) is 0 Å². The van der Waals surface area contributed by atoms with E-state index in [4.69, 9.17) is 11.6 Å². The predicted molar refractivity (Wildman–Crippen MR) is 103 cm³/mol. The van der Waals surface area contributed by atoms with Crippen LogP contribution in [0.25, 0.3) is 0 Å². The van der Waals surface area contributed by atoms with Crippen molar-refractivity contribution in [2.24, 2.45) is 0 Å². The molecule has 136 valence electrons. The maximum Gasteiger partial charge on any atom is 0.278 e. The molecule has 0 bridgehead atoms. The van der Waals surface area contributed by atoms with E-state index in [1.807, 2.05) is 31.2 Å². The first-order chi connectivity index (χ1) is 13.0. The monoisotopic (exact) mass is 382 g/mol.